The van der Waals surface area contributed by atoms with Crippen LogP contribution in [0.25, 0.3) is 68.5 Å². The summed E-state index contributed by atoms with van der Waals surface area (Å²) in [5, 5.41) is 2.62. The van der Waals surface area contributed by atoms with Crippen molar-refractivity contribution in [3.05, 3.63) is 240 Å². The van der Waals surface area contributed by atoms with Gasteiger partial charge >= 0.3 is 0 Å². The van der Waals surface area contributed by atoms with Crippen LogP contribution in [0.3, 0.4) is 0 Å². The first-order chi connectivity index (χ1) is 31.3. The maximum atomic E-state index is 2.53. The predicted octanol–water partition coefficient (Wildman–Crippen LogP) is 16.6. The summed E-state index contributed by atoms with van der Waals surface area (Å²) in [5.74, 6) is 0.285. The smallest absolute Gasteiger partial charge is 0.0736 e. The van der Waals surface area contributed by atoms with Crippen molar-refractivity contribution in [1.82, 2.24) is 4.57 Å². The highest BCUT2D eigenvalue weighted by molar-refractivity contribution is 7.33. The average molecular weight is 839 g/mol. The molecule has 1 unspecified atom stereocenters. The SMILES string of the molecule is C1=CCC2C(=C1)C1(c3ccccc3-c3ccccc31)c1ccc(N(c3ccc(-c4ccccc4)cc3)c3ccc(-n4c5c6ccccc6sc5c5sc6ccccc6c54)cc3)cc12. The second-order valence-corrected chi connectivity index (χ2v) is 19.2. The highest BCUT2D eigenvalue weighted by Crippen LogP contribution is 2.65. The van der Waals surface area contributed by atoms with E-state index in [-0.39, 0.29) is 11.3 Å². The minimum Gasteiger partial charge on any atom is -0.310 e. The van der Waals surface area contributed by atoms with Crippen molar-refractivity contribution in [2.45, 2.75) is 17.8 Å². The molecule has 3 aliphatic carbocycles. The van der Waals surface area contributed by atoms with Crippen LogP contribution in [0.4, 0.5) is 17.1 Å². The monoisotopic (exact) mass is 838 g/mol. The molecule has 2 nitrogen and oxygen atoms in total. The lowest BCUT2D eigenvalue weighted by Gasteiger charge is -2.33. The van der Waals surface area contributed by atoms with Gasteiger partial charge in [0.05, 0.1) is 25.8 Å². The molecule has 1 spiro atoms. The van der Waals surface area contributed by atoms with E-state index < -0.39 is 0 Å². The molecular formula is C59H38N2S2. The van der Waals surface area contributed by atoms with Crippen molar-refractivity contribution < 1.29 is 0 Å². The van der Waals surface area contributed by atoms with E-state index in [0.29, 0.717) is 0 Å². The third kappa shape index (κ3) is 4.88. The van der Waals surface area contributed by atoms with Gasteiger partial charge in [0.1, 0.15) is 0 Å². The zero-order valence-electron chi connectivity index (χ0n) is 34.2. The van der Waals surface area contributed by atoms with Crippen molar-refractivity contribution >= 4 is 80.3 Å². The van der Waals surface area contributed by atoms with Gasteiger partial charge in [-0.25, -0.2) is 0 Å². The molecule has 1 atom stereocenters. The van der Waals surface area contributed by atoms with E-state index in [1.165, 1.54) is 96.4 Å². The van der Waals surface area contributed by atoms with E-state index in [2.05, 4.69) is 222 Å². The molecule has 296 valence electrons. The summed E-state index contributed by atoms with van der Waals surface area (Å²) in [6, 6.07) is 72.5. The minimum absolute atomic E-state index is 0.285. The fourth-order valence-corrected chi connectivity index (χ4v) is 13.9. The van der Waals surface area contributed by atoms with Crippen molar-refractivity contribution in [1.29, 1.82) is 0 Å². The molecule has 0 N–H and O–H groups in total. The Kier molecular flexibility index (Phi) is 7.51. The number of hydrogen-bond acceptors (Lipinski definition) is 3. The Morgan fingerprint density at radius 3 is 1.68 bits per heavy atom. The Bertz CT molecular complexity index is 3580. The van der Waals surface area contributed by atoms with Crippen molar-refractivity contribution in [3.8, 4) is 27.9 Å². The summed E-state index contributed by atoms with van der Waals surface area (Å²) in [5.41, 5.74) is 19.1. The molecule has 4 heteroatoms. The molecule has 0 fully saturated rings. The fraction of sp³-hybridized carbons (Fsp3) is 0.0508. The van der Waals surface area contributed by atoms with Gasteiger partial charge in [-0.1, -0.05) is 152 Å². The Hall–Kier alpha value is -7.24. The van der Waals surface area contributed by atoms with Crippen LogP contribution >= 0.6 is 22.7 Å². The summed E-state index contributed by atoms with van der Waals surface area (Å²) in [4.78, 5) is 2.46. The van der Waals surface area contributed by atoms with E-state index in [0.717, 1.165) is 23.5 Å². The number of aromatic nitrogens is 1. The van der Waals surface area contributed by atoms with Gasteiger partial charge in [0, 0.05) is 48.8 Å². The van der Waals surface area contributed by atoms with Crippen LogP contribution < -0.4 is 4.90 Å². The zero-order valence-corrected chi connectivity index (χ0v) is 35.8. The second-order valence-electron chi connectivity index (χ2n) is 17.1. The number of anilines is 3. The predicted molar refractivity (Wildman–Crippen MR) is 268 cm³/mol. The molecule has 0 aliphatic heterocycles. The van der Waals surface area contributed by atoms with E-state index in [4.69, 9.17) is 0 Å². The van der Waals surface area contributed by atoms with Crippen LogP contribution in [0, 0.1) is 0 Å². The Balaban J connectivity index is 0.961. The molecule has 8 aromatic carbocycles. The molecule has 0 bridgehead atoms. The van der Waals surface area contributed by atoms with Crippen LogP contribution in [0.1, 0.15) is 34.6 Å². The van der Waals surface area contributed by atoms with E-state index in [1.54, 1.807) is 0 Å². The standard InChI is InChI=1S/C59H38N2S2/c1-2-14-37(15-3-1)38-26-28-39(29-27-38)60(40-30-32-41(33-31-40)61-55-46-19-7-12-24-53(46)62-57(55)58-56(61)47-20-8-13-25-54(47)63-58)42-34-35-52-48(36-42)45-18-6-11-23-51(45)59(52)49-21-9-4-16-43(49)44-17-5-10-22-50(44)59/h1-17,19-36,45H,18H2. The Morgan fingerprint density at radius 1 is 0.492 bits per heavy atom. The van der Waals surface area contributed by atoms with E-state index in [9.17, 15) is 0 Å². The highest BCUT2D eigenvalue weighted by atomic mass is 32.1. The van der Waals surface area contributed by atoms with Crippen molar-refractivity contribution in [3.63, 3.8) is 0 Å². The summed E-state index contributed by atoms with van der Waals surface area (Å²) in [6.07, 6.45) is 8.06. The lowest BCUT2D eigenvalue weighted by molar-refractivity contribution is 0.708. The van der Waals surface area contributed by atoms with Crippen LogP contribution in [-0.4, -0.2) is 4.57 Å². The Labute approximate surface area is 373 Å². The fourth-order valence-electron chi connectivity index (χ4n) is 11.4. The largest absolute Gasteiger partial charge is 0.310 e. The third-order valence-electron chi connectivity index (χ3n) is 14.0. The average Bonchev–Trinajstić information content (AvgIpc) is 4.14. The van der Waals surface area contributed by atoms with Gasteiger partial charge in [0.2, 0.25) is 0 Å². The summed E-state index contributed by atoms with van der Waals surface area (Å²) >= 11 is 3.83. The Morgan fingerprint density at radius 2 is 1.03 bits per heavy atom. The first-order valence-corrected chi connectivity index (χ1v) is 23.5. The molecule has 0 amide bonds. The van der Waals surface area contributed by atoms with Crippen LogP contribution in [0.5, 0.6) is 0 Å². The van der Waals surface area contributed by atoms with Gasteiger partial charge in [0.25, 0.3) is 0 Å². The lowest BCUT2D eigenvalue weighted by atomic mass is 9.69. The van der Waals surface area contributed by atoms with Gasteiger partial charge in [-0.3, -0.25) is 0 Å². The van der Waals surface area contributed by atoms with E-state index >= 15 is 0 Å². The van der Waals surface area contributed by atoms with Crippen LogP contribution in [-0.2, 0) is 5.41 Å². The normalized spacial score (nSPS) is 15.6. The summed E-state index contributed by atoms with van der Waals surface area (Å²) in [7, 11) is 0. The number of hydrogen-bond donors (Lipinski definition) is 0. The molecule has 0 saturated heterocycles. The highest BCUT2D eigenvalue weighted by Gasteiger charge is 2.54. The van der Waals surface area contributed by atoms with Crippen LogP contribution in [0.15, 0.2) is 218 Å². The van der Waals surface area contributed by atoms with Gasteiger partial charge < -0.3 is 9.47 Å². The first kappa shape index (κ1) is 35.4. The quantitative estimate of drug-likeness (QED) is 0.168. The third-order valence-corrected chi connectivity index (χ3v) is 16.5. The number of thiophene rings is 2. The van der Waals surface area contributed by atoms with Gasteiger partial charge in [-0.05, 0) is 117 Å². The van der Waals surface area contributed by atoms with Crippen molar-refractivity contribution in [2.24, 2.45) is 0 Å². The van der Waals surface area contributed by atoms with Crippen LogP contribution in [0.2, 0.25) is 0 Å². The number of fused-ring (bicyclic) bond motifs is 17. The summed E-state index contributed by atoms with van der Waals surface area (Å²) < 4.78 is 7.91. The minimum atomic E-state index is -0.314. The summed E-state index contributed by atoms with van der Waals surface area (Å²) in [6.45, 7) is 0. The first-order valence-electron chi connectivity index (χ1n) is 21.9. The number of nitrogens with zero attached hydrogens (tertiary/aromatic N) is 2. The topological polar surface area (TPSA) is 8.17 Å². The molecule has 3 heterocycles. The maximum Gasteiger partial charge on any atom is 0.0736 e. The van der Waals surface area contributed by atoms with E-state index in [1.807, 2.05) is 22.7 Å². The van der Waals surface area contributed by atoms with Crippen molar-refractivity contribution in [2.75, 3.05) is 4.90 Å². The molecule has 63 heavy (non-hydrogen) atoms. The molecule has 14 rings (SSSR count). The number of rotatable bonds is 5. The molecular weight excluding hydrogens is 801 g/mol. The molecule has 3 aliphatic rings. The van der Waals surface area contributed by atoms with Gasteiger partial charge in [-0.2, -0.15) is 0 Å². The molecule has 3 aromatic heterocycles. The maximum absolute atomic E-state index is 2.53. The number of benzene rings is 8. The molecule has 0 saturated carbocycles. The van der Waals surface area contributed by atoms with Gasteiger partial charge in [-0.15, -0.1) is 22.7 Å². The molecule has 0 radical (unpaired) electrons. The second kappa shape index (κ2) is 13.4. The zero-order chi connectivity index (χ0) is 41.2. The lowest BCUT2D eigenvalue weighted by Crippen LogP contribution is -2.27. The number of allylic oxidation sites excluding steroid dienone is 4. The molecule has 11 aromatic rings. The van der Waals surface area contributed by atoms with Gasteiger partial charge in [0.15, 0.2) is 0 Å².